The number of nitrogens with two attached hydrogens (primary N) is 1. The summed E-state index contributed by atoms with van der Waals surface area (Å²) in [5.41, 5.74) is 6.54. The molecule has 3 rings (SSSR count). The van der Waals surface area contributed by atoms with E-state index in [9.17, 15) is 9.90 Å². The molecule has 1 aromatic carbocycles. The number of aromatic nitrogens is 2. The lowest BCUT2D eigenvalue weighted by atomic mass is 9.93. The number of rotatable bonds is 2. The van der Waals surface area contributed by atoms with E-state index >= 15 is 0 Å². The maximum atomic E-state index is 11.8. The minimum absolute atomic E-state index is 0.0299. The van der Waals surface area contributed by atoms with Crippen LogP contribution in [0.4, 0.5) is 5.69 Å². The normalized spacial score (nSPS) is 16.4. The molecule has 0 bridgehead atoms. The molecule has 0 fully saturated rings. The number of hydrogen-bond donors (Lipinski definition) is 3. The first-order chi connectivity index (χ1) is 10.8. The topological polar surface area (TPSA) is 101 Å². The number of nitrogens with zero attached hydrogens (tertiary/aromatic N) is 1. The molecule has 1 aliphatic carbocycles. The highest BCUT2D eigenvalue weighted by Crippen LogP contribution is 2.45. The third-order valence-corrected chi connectivity index (χ3v) is 4.72. The molecule has 1 atom stereocenters. The van der Waals surface area contributed by atoms with E-state index in [4.69, 9.17) is 41.5 Å². The van der Waals surface area contributed by atoms with E-state index in [0.29, 0.717) is 17.5 Å². The lowest BCUT2D eigenvalue weighted by molar-refractivity contribution is 0.435. The van der Waals surface area contributed by atoms with Gasteiger partial charge in [-0.15, -0.1) is 5.10 Å². The van der Waals surface area contributed by atoms with Gasteiger partial charge in [0.05, 0.1) is 10.7 Å². The number of nitrogen functional groups attached to an aromatic ring is 1. The van der Waals surface area contributed by atoms with Gasteiger partial charge in [-0.25, -0.2) is 5.10 Å². The minimum atomic E-state index is -0.419. The van der Waals surface area contributed by atoms with E-state index in [2.05, 4.69) is 10.2 Å². The van der Waals surface area contributed by atoms with Gasteiger partial charge in [0.1, 0.15) is 12.9 Å². The Balaban J connectivity index is 2.16. The number of phenols is 1. The van der Waals surface area contributed by atoms with E-state index < -0.39 is 5.75 Å². The number of halogens is 2. The monoisotopic (exact) mass is 351 g/mol. The average molecular weight is 352 g/mol. The second-order valence-corrected chi connectivity index (χ2v) is 6.18. The molecule has 0 amide bonds. The third kappa shape index (κ3) is 2.44. The summed E-state index contributed by atoms with van der Waals surface area (Å²) in [6, 6.07) is 0. The van der Waals surface area contributed by atoms with Crippen LogP contribution >= 0.6 is 23.2 Å². The van der Waals surface area contributed by atoms with Crippen molar-refractivity contribution >= 4 is 42.2 Å². The van der Waals surface area contributed by atoms with Crippen molar-refractivity contribution < 1.29 is 9.84 Å². The van der Waals surface area contributed by atoms with Crippen molar-refractivity contribution in [3.8, 4) is 17.4 Å². The first-order valence-corrected chi connectivity index (χ1v) is 7.62. The zero-order valence-electron chi connectivity index (χ0n) is 12.1. The summed E-state index contributed by atoms with van der Waals surface area (Å²) in [6.07, 6.45) is 1.46. The maximum absolute atomic E-state index is 11.8. The first kappa shape index (κ1) is 16.0. The molecule has 0 spiro atoms. The van der Waals surface area contributed by atoms with Gasteiger partial charge in [0.15, 0.2) is 11.5 Å². The predicted octanol–water partition coefficient (Wildman–Crippen LogP) is 2.00. The molecule has 1 heterocycles. The Hall–Kier alpha value is -1.86. The first-order valence-electron chi connectivity index (χ1n) is 6.87. The van der Waals surface area contributed by atoms with Gasteiger partial charge in [0, 0.05) is 11.1 Å². The molecular weight excluding hydrogens is 340 g/mol. The summed E-state index contributed by atoms with van der Waals surface area (Å²) < 4.78 is 5.68. The summed E-state index contributed by atoms with van der Waals surface area (Å²) in [5, 5.41) is 16.0. The Morgan fingerprint density at radius 1 is 1.43 bits per heavy atom. The Morgan fingerprint density at radius 3 is 2.83 bits per heavy atom. The van der Waals surface area contributed by atoms with Crippen LogP contribution < -0.4 is 21.5 Å². The van der Waals surface area contributed by atoms with Gasteiger partial charge < -0.3 is 15.6 Å². The van der Waals surface area contributed by atoms with Crippen LogP contribution in [0.5, 0.6) is 17.4 Å². The maximum Gasteiger partial charge on any atom is 0.267 e. The summed E-state index contributed by atoms with van der Waals surface area (Å²) in [7, 11) is 5.74. The summed E-state index contributed by atoms with van der Waals surface area (Å²) in [4.78, 5) is 11.8. The van der Waals surface area contributed by atoms with E-state index in [0.717, 1.165) is 6.42 Å². The lowest BCUT2D eigenvalue weighted by Crippen LogP contribution is -2.16. The number of aromatic amines is 1. The smallest absolute Gasteiger partial charge is 0.267 e. The predicted molar refractivity (Wildman–Crippen MR) is 89.6 cm³/mol. The summed E-state index contributed by atoms with van der Waals surface area (Å²) >= 11 is 12.2. The second-order valence-electron chi connectivity index (χ2n) is 5.42. The zero-order chi connectivity index (χ0) is 16.9. The molecule has 0 saturated carbocycles. The number of nitrogens with one attached hydrogen (secondary N) is 1. The number of H-pyrrole nitrogens is 1. The van der Waals surface area contributed by atoms with Gasteiger partial charge in [0.2, 0.25) is 5.88 Å². The van der Waals surface area contributed by atoms with Crippen LogP contribution in [0.2, 0.25) is 10.0 Å². The van der Waals surface area contributed by atoms with Crippen molar-refractivity contribution in [2.75, 3.05) is 5.73 Å². The van der Waals surface area contributed by atoms with Crippen molar-refractivity contribution in [2.45, 2.75) is 25.7 Å². The van der Waals surface area contributed by atoms with Crippen LogP contribution in [0.1, 0.15) is 30.4 Å². The molecule has 1 unspecified atom stereocenters. The highest BCUT2D eigenvalue weighted by molar-refractivity contribution is 6.50. The molecule has 2 aromatic rings. The van der Waals surface area contributed by atoms with Crippen LogP contribution in [0.15, 0.2) is 4.79 Å². The van der Waals surface area contributed by atoms with Crippen LogP contribution in [-0.4, -0.2) is 23.2 Å². The summed E-state index contributed by atoms with van der Waals surface area (Å²) in [6.45, 7) is 1.97. The van der Waals surface area contributed by atoms with Gasteiger partial charge in [-0.3, -0.25) is 4.79 Å². The third-order valence-electron chi connectivity index (χ3n) is 4.00. The van der Waals surface area contributed by atoms with Crippen molar-refractivity contribution in [3.63, 3.8) is 0 Å². The molecular formula is C14H12BCl2N3O3. The Bertz CT molecular complexity index is 840. The van der Waals surface area contributed by atoms with Crippen molar-refractivity contribution in [3.05, 3.63) is 31.5 Å². The zero-order valence-corrected chi connectivity index (χ0v) is 13.6. The fourth-order valence-electron chi connectivity index (χ4n) is 2.70. The number of ether oxygens (including phenoxy) is 1. The van der Waals surface area contributed by atoms with Crippen LogP contribution in [-0.2, 0) is 6.42 Å². The van der Waals surface area contributed by atoms with Gasteiger partial charge in [-0.2, -0.15) is 0 Å². The quantitative estimate of drug-likeness (QED) is 0.436. The molecule has 2 radical (unpaired) electrons. The largest absolute Gasteiger partial charge is 0.504 e. The van der Waals surface area contributed by atoms with Crippen LogP contribution in [0.25, 0.3) is 0 Å². The molecule has 0 aliphatic heterocycles. The molecule has 1 aromatic heterocycles. The van der Waals surface area contributed by atoms with E-state index in [-0.39, 0.29) is 44.3 Å². The SMILES string of the molecule is [B]c1c(N)c(O)c(Cl)c(Oc2n[nH]c(=O)c3c2C(C)CC3)c1Cl. The van der Waals surface area contributed by atoms with Gasteiger partial charge in [0.25, 0.3) is 5.56 Å². The molecule has 1 aliphatic rings. The molecule has 118 valence electrons. The molecule has 4 N–H and O–H groups in total. The standard InChI is InChI=1S/C14H12BCl2N3O3/c1-4-2-3-5-6(4)14(20-19-13(5)22)23-12-8(16)7(15)10(18)11(21)9(12)17/h4,21H,2-3,18H2,1H3,(H,19,22). The van der Waals surface area contributed by atoms with E-state index in [1.807, 2.05) is 6.92 Å². The van der Waals surface area contributed by atoms with Crippen molar-refractivity contribution in [1.29, 1.82) is 0 Å². The van der Waals surface area contributed by atoms with Crippen LogP contribution in [0.3, 0.4) is 0 Å². The number of anilines is 1. The number of aromatic hydroxyl groups is 1. The Morgan fingerprint density at radius 2 is 2.13 bits per heavy atom. The number of benzene rings is 1. The number of fused-ring (bicyclic) bond motifs is 1. The molecule has 0 saturated heterocycles. The molecule has 23 heavy (non-hydrogen) atoms. The second kappa shape index (κ2) is 5.65. The molecule has 6 nitrogen and oxygen atoms in total. The van der Waals surface area contributed by atoms with Gasteiger partial charge in [-0.05, 0) is 24.2 Å². The van der Waals surface area contributed by atoms with Gasteiger partial charge >= 0.3 is 0 Å². The fourth-order valence-corrected chi connectivity index (χ4v) is 3.21. The Labute approximate surface area is 143 Å². The number of phenolic OH excluding ortho intramolecular Hbond substituents is 1. The Kier molecular flexibility index (Phi) is 3.94. The average Bonchev–Trinajstić information content (AvgIpc) is 2.93. The lowest BCUT2D eigenvalue weighted by Gasteiger charge is -2.16. The fraction of sp³-hybridized carbons (Fsp3) is 0.286. The van der Waals surface area contributed by atoms with E-state index in [1.165, 1.54) is 0 Å². The highest BCUT2D eigenvalue weighted by atomic mass is 35.5. The van der Waals surface area contributed by atoms with Crippen molar-refractivity contribution in [2.24, 2.45) is 0 Å². The highest BCUT2D eigenvalue weighted by Gasteiger charge is 2.28. The van der Waals surface area contributed by atoms with Gasteiger partial charge in [-0.1, -0.05) is 30.1 Å². The van der Waals surface area contributed by atoms with Crippen LogP contribution in [0, 0.1) is 0 Å². The minimum Gasteiger partial charge on any atom is -0.504 e. The van der Waals surface area contributed by atoms with E-state index in [1.54, 1.807) is 0 Å². The molecule has 9 heteroatoms. The summed E-state index contributed by atoms with van der Waals surface area (Å²) in [5.74, 6) is -0.194. The van der Waals surface area contributed by atoms with Crippen molar-refractivity contribution in [1.82, 2.24) is 10.2 Å². The number of hydrogen-bond acceptors (Lipinski definition) is 5.